The van der Waals surface area contributed by atoms with Crippen LogP contribution in [-0.2, 0) is 23.3 Å². The maximum atomic E-state index is 14.3. The molecule has 4 aliphatic rings. The molecule has 0 saturated carbocycles. The Kier molecular flexibility index (Phi) is 8.90. The van der Waals surface area contributed by atoms with E-state index < -0.39 is 5.82 Å². The number of halogens is 1. The van der Waals surface area contributed by atoms with Gasteiger partial charge in [0.2, 0.25) is 5.91 Å². The van der Waals surface area contributed by atoms with E-state index in [1.54, 1.807) is 11.0 Å². The highest BCUT2D eigenvalue weighted by atomic mass is 19.1. The smallest absolute Gasteiger partial charge is 0.322 e. The van der Waals surface area contributed by atoms with E-state index in [0.717, 1.165) is 11.4 Å². The van der Waals surface area contributed by atoms with Gasteiger partial charge < -0.3 is 25.1 Å². The minimum absolute atomic E-state index is 0.0185. The van der Waals surface area contributed by atoms with Crippen LogP contribution in [0, 0.1) is 11.7 Å². The first-order chi connectivity index (χ1) is 23.5. The summed E-state index contributed by atoms with van der Waals surface area (Å²) in [6.45, 7) is 11.0. The maximum absolute atomic E-state index is 14.3. The molecule has 1 aromatic heterocycles. The number of amides is 3. The number of allylic oxidation sites excluding steroid dienone is 2. The van der Waals surface area contributed by atoms with Crippen LogP contribution < -0.4 is 10.7 Å². The van der Waals surface area contributed by atoms with Gasteiger partial charge in [0.05, 0.1) is 11.7 Å². The lowest BCUT2D eigenvalue weighted by Gasteiger charge is -2.41. The standard InChI is InChI=1S/C39H46FN7O2/c1-25-18-27(20-30-22-42-44-35(25)30)19-29(37-41-14-17-46(37)23-26-8-10-31(11-9-26)39(2,3)4)21-34(48)45-15-12-32(13-16-45)47-24-28-6-5-7-33(40)36(28)43-38(47)49/h5-11,14,17-18,20,22,29-30,32,35,44H,12-13,15-16,19,21,23-24H2,1-4H3,(H,43,49). The molecular weight excluding hydrogens is 617 g/mol. The fraction of sp³-hybridized carbons (Fsp3) is 0.436. The van der Waals surface area contributed by atoms with E-state index in [9.17, 15) is 14.0 Å². The van der Waals surface area contributed by atoms with Crippen LogP contribution in [0.5, 0.6) is 0 Å². The number of rotatable bonds is 8. The number of likely N-dealkylation sites (tertiary alicyclic amines) is 1. The number of benzene rings is 2. The summed E-state index contributed by atoms with van der Waals surface area (Å²) in [7, 11) is 0. The number of hydrogen-bond donors (Lipinski definition) is 2. The van der Waals surface area contributed by atoms with Crippen LogP contribution in [-0.4, -0.2) is 62.7 Å². The molecule has 3 atom stereocenters. The van der Waals surface area contributed by atoms with Crippen LogP contribution in [0.2, 0.25) is 0 Å². The summed E-state index contributed by atoms with van der Waals surface area (Å²) in [5.41, 5.74) is 9.25. The second-order valence-electron chi connectivity index (χ2n) is 15.0. The average Bonchev–Trinajstić information content (AvgIpc) is 3.75. The van der Waals surface area contributed by atoms with Crippen molar-refractivity contribution in [1.82, 2.24) is 24.8 Å². The molecule has 7 rings (SSSR count). The minimum atomic E-state index is -0.415. The summed E-state index contributed by atoms with van der Waals surface area (Å²) in [5, 5.41) is 7.05. The number of para-hydroxylation sites is 1. The van der Waals surface area contributed by atoms with E-state index in [1.165, 1.54) is 28.3 Å². The number of aromatic nitrogens is 2. The zero-order valence-corrected chi connectivity index (χ0v) is 28.8. The first-order valence-corrected chi connectivity index (χ1v) is 17.4. The molecule has 0 radical (unpaired) electrons. The molecule has 2 aromatic carbocycles. The third kappa shape index (κ3) is 6.91. The van der Waals surface area contributed by atoms with Crippen LogP contribution >= 0.6 is 0 Å². The van der Waals surface area contributed by atoms with E-state index in [2.05, 4.69) is 84.5 Å². The van der Waals surface area contributed by atoms with Crippen molar-refractivity contribution in [3.05, 3.63) is 106 Å². The highest BCUT2D eigenvalue weighted by Crippen LogP contribution is 2.35. The molecule has 3 unspecified atom stereocenters. The normalized spacial score (nSPS) is 21.4. The van der Waals surface area contributed by atoms with Crippen molar-refractivity contribution in [3.63, 3.8) is 0 Å². The van der Waals surface area contributed by atoms with Crippen LogP contribution in [0.1, 0.15) is 81.8 Å². The molecule has 10 heteroatoms. The zero-order valence-electron chi connectivity index (χ0n) is 28.8. The number of carbonyl (C=O) groups excluding carboxylic acids is 2. The number of anilines is 1. The molecule has 3 aliphatic heterocycles. The molecular formula is C39H46FN7O2. The van der Waals surface area contributed by atoms with Gasteiger partial charge in [-0.2, -0.15) is 5.10 Å². The molecule has 1 saturated heterocycles. The number of nitrogens with zero attached hydrogens (tertiary/aromatic N) is 5. The Hall–Kier alpha value is -4.73. The average molecular weight is 664 g/mol. The monoisotopic (exact) mass is 663 g/mol. The number of piperidine rings is 1. The SMILES string of the molecule is CC1=CC(CC(CC(=O)N2CCC(N3Cc4cccc(F)c4NC3=O)CC2)c2nccn2Cc2ccc(C(C)(C)C)cc2)=CC2C=NNC12. The van der Waals surface area contributed by atoms with Crippen molar-refractivity contribution < 1.29 is 14.0 Å². The molecule has 0 spiro atoms. The molecule has 4 heterocycles. The van der Waals surface area contributed by atoms with Gasteiger partial charge in [0.15, 0.2) is 0 Å². The number of imidazole rings is 1. The van der Waals surface area contributed by atoms with Crippen molar-refractivity contribution >= 4 is 23.8 Å². The predicted molar refractivity (Wildman–Crippen MR) is 190 cm³/mol. The van der Waals surface area contributed by atoms with Crippen molar-refractivity contribution in [2.45, 2.75) is 89.9 Å². The number of nitrogens with one attached hydrogen (secondary N) is 2. The van der Waals surface area contributed by atoms with E-state index in [-0.39, 0.29) is 47.0 Å². The quantitative estimate of drug-likeness (QED) is 0.280. The highest BCUT2D eigenvalue weighted by molar-refractivity contribution is 5.92. The van der Waals surface area contributed by atoms with Crippen LogP contribution in [0.15, 0.2) is 83.3 Å². The van der Waals surface area contributed by atoms with Gasteiger partial charge in [-0.3, -0.25) is 4.79 Å². The zero-order chi connectivity index (χ0) is 34.3. The second kappa shape index (κ2) is 13.3. The van der Waals surface area contributed by atoms with E-state index >= 15 is 0 Å². The van der Waals surface area contributed by atoms with Gasteiger partial charge in [-0.25, -0.2) is 14.2 Å². The van der Waals surface area contributed by atoms with Gasteiger partial charge in [-0.05, 0) is 59.9 Å². The van der Waals surface area contributed by atoms with E-state index in [4.69, 9.17) is 4.98 Å². The third-order valence-corrected chi connectivity index (χ3v) is 10.5. The van der Waals surface area contributed by atoms with Gasteiger partial charge in [-0.1, -0.05) is 74.9 Å². The molecule has 256 valence electrons. The molecule has 3 aromatic rings. The van der Waals surface area contributed by atoms with Gasteiger partial charge in [0.1, 0.15) is 11.6 Å². The summed E-state index contributed by atoms with van der Waals surface area (Å²) < 4.78 is 16.5. The molecule has 1 fully saturated rings. The fourth-order valence-electron chi connectivity index (χ4n) is 7.73. The van der Waals surface area contributed by atoms with Crippen molar-refractivity contribution in [3.8, 4) is 0 Å². The Morgan fingerprint density at radius 3 is 2.63 bits per heavy atom. The fourth-order valence-corrected chi connectivity index (χ4v) is 7.73. The van der Waals surface area contributed by atoms with Gasteiger partial charge in [-0.15, -0.1) is 0 Å². The molecule has 9 nitrogen and oxygen atoms in total. The Bertz CT molecular complexity index is 1810. The summed E-state index contributed by atoms with van der Waals surface area (Å²) in [4.78, 5) is 35.6. The third-order valence-electron chi connectivity index (χ3n) is 10.5. The van der Waals surface area contributed by atoms with Crippen LogP contribution in [0.3, 0.4) is 0 Å². The lowest BCUT2D eigenvalue weighted by atomic mass is 9.83. The number of hydrogen-bond acceptors (Lipinski definition) is 5. The van der Waals surface area contributed by atoms with Gasteiger partial charge in [0, 0.05) is 69.1 Å². The summed E-state index contributed by atoms with van der Waals surface area (Å²) in [5.74, 6) is 0.675. The molecule has 1 aliphatic carbocycles. The molecule has 3 amide bonds. The molecule has 0 bridgehead atoms. The summed E-state index contributed by atoms with van der Waals surface area (Å²) >= 11 is 0. The van der Waals surface area contributed by atoms with Gasteiger partial charge >= 0.3 is 6.03 Å². The summed E-state index contributed by atoms with van der Waals surface area (Å²) in [6.07, 6.45) is 12.7. The molecule has 49 heavy (non-hydrogen) atoms. The number of fused-ring (bicyclic) bond motifs is 2. The minimum Gasteiger partial charge on any atom is -0.343 e. The van der Waals surface area contributed by atoms with E-state index in [1.807, 2.05) is 29.6 Å². The van der Waals surface area contributed by atoms with Crippen molar-refractivity contribution in [2.75, 3.05) is 18.4 Å². The number of urea groups is 1. The topological polar surface area (TPSA) is 94.9 Å². The van der Waals surface area contributed by atoms with Crippen molar-refractivity contribution in [1.29, 1.82) is 0 Å². The first-order valence-electron chi connectivity index (χ1n) is 17.4. The Morgan fingerprint density at radius 2 is 1.88 bits per heavy atom. The maximum Gasteiger partial charge on any atom is 0.322 e. The molecule has 2 N–H and O–H groups in total. The van der Waals surface area contributed by atoms with E-state index in [0.29, 0.717) is 51.9 Å². The van der Waals surface area contributed by atoms with Gasteiger partial charge in [0.25, 0.3) is 0 Å². The first kappa shape index (κ1) is 32.8. The number of hydrazone groups is 1. The predicted octanol–water partition coefficient (Wildman–Crippen LogP) is 6.73. The Labute approximate surface area is 288 Å². The van der Waals surface area contributed by atoms with Crippen LogP contribution in [0.4, 0.5) is 14.9 Å². The lowest BCUT2D eigenvalue weighted by molar-refractivity contribution is -0.133. The Morgan fingerprint density at radius 1 is 1.10 bits per heavy atom. The van der Waals surface area contributed by atoms with Crippen molar-refractivity contribution in [2.24, 2.45) is 11.0 Å². The van der Waals surface area contributed by atoms with Crippen LogP contribution in [0.25, 0.3) is 0 Å². The second-order valence-corrected chi connectivity index (χ2v) is 15.0. The Balaban J connectivity index is 1.06. The highest BCUT2D eigenvalue weighted by Gasteiger charge is 2.35. The number of carbonyl (C=O) groups is 2. The summed E-state index contributed by atoms with van der Waals surface area (Å²) in [6, 6.07) is 13.6. The largest absolute Gasteiger partial charge is 0.343 e. The lowest BCUT2D eigenvalue weighted by Crippen LogP contribution is -2.51.